The number of nitrogens with one attached hydrogen (secondary N) is 2. The van der Waals surface area contributed by atoms with Gasteiger partial charge in [0, 0.05) is 18.5 Å². The van der Waals surface area contributed by atoms with E-state index in [2.05, 4.69) is 24.5 Å². The molecule has 1 saturated heterocycles. The maximum absolute atomic E-state index is 12.3. The molecule has 0 saturated carbocycles. The second-order valence-corrected chi connectivity index (χ2v) is 7.00. The van der Waals surface area contributed by atoms with E-state index in [1.807, 2.05) is 12.1 Å². The van der Waals surface area contributed by atoms with Gasteiger partial charge in [0.25, 0.3) is 0 Å². The Morgan fingerprint density at radius 3 is 2.50 bits per heavy atom. The number of β-amino-alcohol motifs (C(OH)–C–C–N with tert-alkyl or cyclic N) is 1. The molecule has 0 bridgehead atoms. The zero-order chi connectivity index (χ0) is 17.0. The minimum absolute atomic E-state index is 0. The number of carbonyl (C=O) groups excluding carboxylic acids is 1. The molecule has 136 valence electrons. The van der Waals surface area contributed by atoms with E-state index in [9.17, 15) is 9.90 Å². The number of carbonyl (C=O) groups is 1. The third-order valence-electron chi connectivity index (χ3n) is 4.91. The Balaban J connectivity index is 0.00000288. The second kappa shape index (κ2) is 9.25. The van der Waals surface area contributed by atoms with Crippen molar-refractivity contribution in [1.82, 2.24) is 10.6 Å². The first kappa shape index (κ1) is 21.5. The highest BCUT2D eigenvalue weighted by molar-refractivity contribution is 6.42. The molecule has 7 heteroatoms. The smallest absolute Gasteiger partial charge is 0.237 e. The quantitative estimate of drug-likeness (QED) is 0.692. The molecule has 0 aliphatic carbocycles. The lowest BCUT2D eigenvalue weighted by Gasteiger charge is -2.33. The second-order valence-electron chi connectivity index (χ2n) is 6.18. The number of amides is 1. The van der Waals surface area contributed by atoms with Gasteiger partial charge in [0.15, 0.2) is 0 Å². The molecule has 2 unspecified atom stereocenters. The summed E-state index contributed by atoms with van der Waals surface area (Å²) in [5.74, 6) is -0.0621. The lowest BCUT2D eigenvalue weighted by molar-refractivity contribution is -0.123. The Kier molecular flexibility index (Phi) is 8.30. The van der Waals surface area contributed by atoms with E-state index < -0.39 is 6.10 Å². The molecule has 24 heavy (non-hydrogen) atoms. The summed E-state index contributed by atoms with van der Waals surface area (Å²) in [7, 11) is 0. The van der Waals surface area contributed by atoms with Crippen LogP contribution in [0.5, 0.6) is 0 Å². The minimum Gasteiger partial charge on any atom is -0.392 e. The topological polar surface area (TPSA) is 61.4 Å². The van der Waals surface area contributed by atoms with Gasteiger partial charge < -0.3 is 15.7 Å². The van der Waals surface area contributed by atoms with E-state index in [0.29, 0.717) is 29.6 Å². The Labute approximate surface area is 159 Å². The van der Waals surface area contributed by atoms with Crippen molar-refractivity contribution in [2.45, 2.75) is 50.7 Å². The molecule has 1 aromatic carbocycles. The van der Waals surface area contributed by atoms with Crippen LogP contribution < -0.4 is 10.6 Å². The fourth-order valence-electron chi connectivity index (χ4n) is 3.13. The fraction of sp³-hybridized carbons (Fsp3) is 0.588. The summed E-state index contributed by atoms with van der Waals surface area (Å²) < 4.78 is 0. The monoisotopic (exact) mass is 394 g/mol. The van der Waals surface area contributed by atoms with Crippen molar-refractivity contribution in [3.8, 4) is 0 Å². The van der Waals surface area contributed by atoms with Crippen molar-refractivity contribution < 1.29 is 9.90 Å². The summed E-state index contributed by atoms with van der Waals surface area (Å²) in [6, 6.07) is 5.35. The number of hydrogen-bond donors (Lipinski definition) is 3. The maximum Gasteiger partial charge on any atom is 0.237 e. The van der Waals surface area contributed by atoms with Crippen LogP contribution in [0.3, 0.4) is 0 Å². The standard InChI is InChI=1S/C17H24Cl2N2O2.ClH/c1-3-17(4-2,11-5-6-13(18)14(19)7-11)10-21-16(23)15-8-12(22)9-20-15;/h5-7,12,15,20,22H,3-4,8-10H2,1-2H3,(H,21,23);1H. The lowest BCUT2D eigenvalue weighted by atomic mass is 9.75. The predicted molar refractivity (Wildman–Crippen MR) is 101 cm³/mol. The summed E-state index contributed by atoms with van der Waals surface area (Å²) in [5.41, 5.74) is 0.901. The van der Waals surface area contributed by atoms with Gasteiger partial charge in [-0.15, -0.1) is 12.4 Å². The van der Waals surface area contributed by atoms with Gasteiger partial charge in [-0.2, -0.15) is 0 Å². The van der Waals surface area contributed by atoms with Crippen LogP contribution in [0.2, 0.25) is 10.0 Å². The van der Waals surface area contributed by atoms with Gasteiger partial charge in [0.05, 0.1) is 22.2 Å². The molecule has 0 radical (unpaired) electrons. The van der Waals surface area contributed by atoms with Gasteiger partial charge in [-0.3, -0.25) is 4.79 Å². The zero-order valence-electron chi connectivity index (χ0n) is 13.9. The first-order valence-corrected chi connectivity index (χ1v) is 8.82. The maximum atomic E-state index is 12.3. The normalized spacial score (nSPS) is 20.5. The number of aliphatic hydroxyl groups excluding tert-OH is 1. The highest BCUT2D eigenvalue weighted by Gasteiger charge is 2.32. The third-order valence-corrected chi connectivity index (χ3v) is 5.65. The first-order valence-electron chi connectivity index (χ1n) is 8.06. The zero-order valence-corrected chi connectivity index (χ0v) is 16.3. The Bertz CT molecular complexity index is 565. The molecule has 1 aliphatic heterocycles. The van der Waals surface area contributed by atoms with Crippen molar-refractivity contribution in [3.63, 3.8) is 0 Å². The number of benzene rings is 1. The summed E-state index contributed by atoms with van der Waals surface area (Å²) in [6.45, 7) is 5.22. The van der Waals surface area contributed by atoms with Gasteiger partial charge >= 0.3 is 0 Å². The first-order chi connectivity index (χ1) is 10.9. The number of halogens is 3. The van der Waals surface area contributed by atoms with Crippen LogP contribution in [0.1, 0.15) is 38.7 Å². The van der Waals surface area contributed by atoms with E-state index in [-0.39, 0.29) is 29.8 Å². The van der Waals surface area contributed by atoms with Crippen LogP contribution >= 0.6 is 35.6 Å². The summed E-state index contributed by atoms with van der Waals surface area (Å²) in [5, 5.41) is 16.7. The van der Waals surface area contributed by atoms with E-state index in [1.54, 1.807) is 6.07 Å². The molecule has 3 N–H and O–H groups in total. The molecule has 2 rings (SSSR count). The summed E-state index contributed by atoms with van der Waals surface area (Å²) in [6.07, 6.45) is 1.78. The van der Waals surface area contributed by atoms with Crippen molar-refractivity contribution in [3.05, 3.63) is 33.8 Å². The highest BCUT2D eigenvalue weighted by atomic mass is 35.5. The van der Waals surface area contributed by atoms with Crippen LogP contribution in [0.4, 0.5) is 0 Å². The Morgan fingerprint density at radius 1 is 1.33 bits per heavy atom. The van der Waals surface area contributed by atoms with Crippen LogP contribution in [0, 0.1) is 0 Å². The predicted octanol–water partition coefficient (Wildman–Crippen LogP) is 3.31. The van der Waals surface area contributed by atoms with Crippen LogP contribution in [0.25, 0.3) is 0 Å². The molecular weight excluding hydrogens is 371 g/mol. The van der Waals surface area contributed by atoms with Crippen LogP contribution in [-0.2, 0) is 10.2 Å². The van der Waals surface area contributed by atoms with E-state index in [0.717, 1.165) is 18.4 Å². The van der Waals surface area contributed by atoms with Crippen molar-refractivity contribution in [2.24, 2.45) is 0 Å². The van der Waals surface area contributed by atoms with Gasteiger partial charge in [0.2, 0.25) is 5.91 Å². The van der Waals surface area contributed by atoms with Gasteiger partial charge in [-0.05, 0) is 37.0 Å². The molecule has 2 atom stereocenters. The van der Waals surface area contributed by atoms with Crippen LogP contribution in [0.15, 0.2) is 18.2 Å². The van der Waals surface area contributed by atoms with E-state index in [1.165, 1.54) is 0 Å². The van der Waals surface area contributed by atoms with E-state index >= 15 is 0 Å². The van der Waals surface area contributed by atoms with Crippen LogP contribution in [-0.4, -0.2) is 36.2 Å². The van der Waals surface area contributed by atoms with Crippen molar-refractivity contribution >= 4 is 41.5 Å². The number of aliphatic hydroxyl groups is 1. The number of hydrogen-bond acceptors (Lipinski definition) is 3. The molecule has 1 amide bonds. The van der Waals surface area contributed by atoms with E-state index in [4.69, 9.17) is 23.2 Å². The summed E-state index contributed by atoms with van der Waals surface area (Å²) in [4.78, 5) is 12.3. The third kappa shape index (κ3) is 4.77. The van der Waals surface area contributed by atoms with Gasteiger partial charge in [-0.1, -0.05) is 43.1 Å². The van der Waals surface area contributed by atoms with Crippen molar-refractivity contribution in [1.29, 1.82) is 0 Å². The summed E-state index contributed by atoms with van der Waals surface area (Å²) >= 11 is 12.2. The Hall–Kier alpha value is -0.520. The average molecular weight is 396 g/mol. The van der Waals surface area contributed by atoms with Gasteiger partial charge in [0.1, 0.15) is 0 Å². The minimum atomic E-state index is -0.442. The number of rotatable bonds is 6. The molecule has 1 fully saturated rings. The molecule has 0 spiro atoms. The molecule has 1 aliphatic rings. The van der Waals surface area contributed by atoms with Crippen molar-refractivity contribution in [2.75, 3.05) is 13.1 Å². The molecular formula is C17H25Cl3N2O2. The molecule has 1 heterocycles. The average Bonchev–Trinajstić information content (AvgIpc) is 2.98. The lowest BCUT2D eigenvalue weighted by Crippen LogP contribution is -2.46. The largest absolute Gasteiger partial charge is 0.392 e. The SMILES string of the molecule is CCC(CC)(CNC(=O)C1CC(O)CN1)c1ccc(Cl)c(Cl)c1.Cl. The molecule has 1 aromatic rings. The highest BCUT2D eigenvalue weighted by Crippen LogP contribution is 2.34. The Morgan fingerprint density at radius 2 is 2.00 bits per heavy atom. The van der Waals surface area contributed by atoms with Gasteiger partial charge in [-0.25, -0.2) is 0 Å². The molecule has 0 aromatic heterocycles. The fourth-order valence-corrected chi connectivity index (χ4v) is 3.43. The molecule has 4 nitrogen and oxygen atoms in total.